The Hall–Kier alpha value is -3.50. The van der Waals surface area contributed by atoms with E-state index in [4.69, 9.17) is 22.5 Å². The Kier molecular flexibility index (Phi) is 4.77. The van der Waals surface area contributed by atoms with E-state index in [0.717, 1.165) is 50.1 Å². The van der Waals surface area contributed by atoms with E-state index in [1.807, 2.05) is 40.4 Å². The third-order valence-corrected chi connectivity index (χ3v) is 5.69. The maximum absolute atomic E-state index is 5.27. The van der Waals surface area contributed by atoms with Gasteiger partial charge in [0, 0.05) is 10.8 Å². The number of hydrogen-bond donors (Lipinski definition) is 1. The second-order valence-corrected chi connectivity index (χ2v) is 7.52. The molecule has 0 N–H and O–H groups in total. The smallest absolute Gasteiger partial charge is 0.151 e. The Morgan fingerprint density at radius 1 is 0.800 bits per heavy atom. The quantitative estimate of drug-likeness (QED) is 0.334. The molecule has 146 valence electrons. The van der Waals surface area contributed by atoms with Crippen LogP contribution >= 0.6 is 12.8 Å². The van der Waals surface area contributed by atoms with E-state index >= 15 is 0 Å². The molecule has 0 atom stereocenters. The van der Waals surface area contributed by atoms with Crippen molar-refractivity contribution in [3.8, 4) is 16.9 Å². The monoisotopic (exact) mass is 408 g/mol. The molecule has 0 bridgehead atoms. The molecule has 0 saturated carbocycles. The topological polar surface area (TPSA) is 27.1 Å². The van der Waals surface area contributed by atoms with Crippen molar-refractivity contribution in [3.05, 3.63) is 96.2 Å². The molecule has 5 rings (SSSR count). The first-order valence-corrected chi connectivity index (χ1v) is 10.1. The number of fused-ring (bicyclic) bond motifs is 3. The van der Waals surface area contributed by atoms with Crippen LogP contribution in [0.15, 0.2) is 84.9 Å². The molecule has 4 heteroatoms. The van der Waals surface area contributed by atoms with Crippen molar-refractivity contribution in [3.63, 3.8) is 0 Å². The second-order valence-electron chi connectivity index (χ2n) is 7.12. The van der Waals surface area contributed by atoms with E-state index in [2.05, 4.69) is 60.7 Å². The van der Waals surface area contributed by atoms with E-state index in [0.29, 0.717) is 0 Å². The van der Waals surface area contributed by atoms with Crippen molar-refractivity contribution in [2.75, 3.05) is 7.11 Å². The fourth-order valence-electron chi connectivity index (χ4n) is 3.69. The van der Waals surface area contributed by atoms with Crippen molar-refractivity contribution >= 4 is 46.9 Å². The number of thiol groups is 1. The van der Waals surface area contributed by atoms with E-state index < -0.39 is 0 Å². The number of pyridine rings is 1. The van der Waals surface area contributed by atoms with E-state index in [9.17, 15) is 0 Å². The van der Waals surface area contributed by atoms with Crippen molar-refractivity contribution < 1.29 is 4.74 Å². The van der Waals surface area contributed by atoms with Crippen molar-refractivity contribution in [2.45, 2.75) is 0 Å². The summed E-state index contributed by atoms with van der Waals surface area (Å²) in [6, 6.07) is 28.9. The van der Waals surface area contributed by atoms with Gasteiger partial charge in [0.15, 0.2) is 5.65 Å². The highest BCUT2D eigenvalue weighted by molar-refractivity contribution is 7.79. The van der Waals surface area contributed by atoms with Gasteiger partial charge in [-0.1, -0.05) is 67.4 Å². The van der Waals surface area contributed by atoms with Gasteiger partial charge in [0.05, 0.1) is 18.3 Å². The number of benzene rings is 3. The zero-order chi connectivity index (χ0) is 20.5. The molecule has 0 fully saturated rings. The molecular weight excluding hydrogens is 388 g/mol. The minimum absolute atomic E-state index is 0.854. The highest BCUT2D eigenvalue weighted by Crippen LogP contribution is 2.33. The number of hydrogen-bond acceptors (Lipinski definition) is 3. The van der Waals surface area contributed by atoms with Gasteiger partial charge in [0.25, 0.3) is 0 Å². The van der Waals surface area contributed by atoms with E-state index in [1.54, 1.807) is 7.11 Å². The highest BCUT2D eigenvalue weighted by atomic mass is 32.1. The molecule has 0 aliphatic heterocycles. The predicted octanol–water partition coefficient (Wildman–Crippen LogP) is 6.73. The first-order chi connectivity index (χ1) is 14.7. The molecular formula is C26H20N2OS. The van der Waals surface area contributed by atoms with Crippen LogP contribution in [0.4, 0.5) is 0 Å². The molecule has 30 heavy (non-hydrogen) atoms. The van der Waals surface area contributed by atoms with Crippen LogP contribution in [0.5, 0.6) is 5.75 Å². The summed E-state index contributed by atoms with van der Waals surface area (Å²) in [6.45, 7) is 0. The lowest BCUT2D eigenvalue weighted by Gasteiger charge is -2.04. The molecule has 0 aliphatic carbocycles. The van der Waals surface area contributed by atoms with Crippen LogP contribution in [0.1, 0.15) is 11.3 Å². The summed E-state index contributed by atoms with van der Waals surface area (Å²) in [5.74, 6) is 0.854. The molecule has 3 nitrogen and oxygen atoms in total. The zero-order valence-electron chi connectivity index (χ0n) is 16.5. The van der Waals surface area contributed by atoms with E-state index in [-0.39, 0.29) is 0 Å². The maximum atomic E-state index is 5.27. The van der Waals surface area contributed by atoms with Crippen LogP contribution in [-0.2, 0) is 0 Å². The number of aromatic nitrogens is 2. The molecule has 2 aromatic heterocycles. The molecule has 3 aromatic carbocycles. The van der Waals surface area contributed by atoms with Gasteiger partial charge >= 0.3 is 0 Å². The number of nitrogens with zero attached hydrogens (tertiary/aromatic N) is 2. The van der Waals surface area contributed by atoms with Crippen molar-refractivity contribution in [2.24, 2.45) is 0 Å². The fourth-order valence-corrected chi connectivity index (χ4v) is 4.01. The summed E-state index contributed by atoms with van der Waals surface area (Å²) in [6.07, 6.45) is 4.10. The van der Waals surface area contributed by atoms with Crippen LogP contribution < -0.4 is 4.74 Å². The molecule has 0 unspecified atom stereocenters. The Balaban J connectivity index is 1.57. The van der Waals surface area contributed by atoms with Crippen LogP contribution in [0.25, 0.3) is 45.2 Å². The van der Waals surface area contributed by atoms with Crippen molar-refractivity contribution in [1.29, 1.82) is 0 Å². The summed E-state index contributed by atoms with van der Waals surface area (Å²) in [4.78, 5) is 4.84. The lowest BCUT2D eigenvalue weighted by atomic mass is 10.0. The van der Waals surface area contributed by atoms with Gasteiger partial charge in [-0.2, -0.15) is 0 Å². The van der Waals surface area contributed by atoms with Gasteiger partial charge in [0.1, 0.15) is 5.75 Å². The lowest BCUT2D eigenvalue weighted by Crippen LogP contribution is -1.86. The third-order valence-electron chi connectivity index (χ3n) is 5.28. The van der Waals surface area contributed by atoms with Crippen LogP contribution in [0.2, 0.25) is 0 Å². The average Bonchev–Trinajstić information content (AvgIpc) is 3.09. The van der Waals surface area contributed by atoms with Crippen LogP contribution in [0, 0.1) is 0 Å². The fraction of sp³-hybridized carbons (Fsp3) is 0.0385. The number of ether oxygens (including phenoxy) is 1. The van der Waals surface area contributed by atoms with Gasteiger partial charge in [-0.15, -0.1) is 0 Å². The van der Waals surface area contributed by atoms with Gasteiger partial charge in [0.2, 0.25) is 0 Å². The largest absolute Gasteiger partial charge is 0.497 e. The lowest BCUT2D eigenvalue weighted by molar-refractivity contribution is 0.415. The summed E-state index contributed by atoms with van der Waals surface area (Å²) in [7, 11) is 1.68. The molecule has 0 amide bonds. The third kappa shape index (κ3) is 3.36. The van der Waals surface area contributed by atoms with Crippen LogP contribution in [-0.4, -0.2) is 16.1 Å². The first-order valence-electron chi connectivity index (χ1n) is 9.75. The first kappa shape index (κ1) is 18.5. The maximum Gasteiger partial charge on any atom is 0.151 e. The van der Waals surface area contributed by atoms with Gasteiger partial charge < -0.3 is 4.74 Å². The van der Waals surface area contributed by atoms with Gasteiger partial charge in [-0.25, -0.2) is 4.98 Å². The van der Waals surface area contributed by atoms with Crippen LogP contribution in [0.3, 0.4) is 0 Å². The highest BCUT2D eigenvalue weighted by Gasteiger charge is 2.12. The molecule has 0 aliphatic rings. The SMILES string of the molecule is COc1ccc(-c2ccc3c(c2)c2ccc(/C=C/c4ccccc4)nc2n3S)cc1. The summed E-state index contributed by atoms with van der Waals surface area (Å²) in [5, 5.41) is 2.23. The summed E-state index contributed by atoms with van der Waals surface area (Å²) >= 11 is 4.71. The second kappa shape index (κ2) is 7.73. The number of methoxy groups -OCH3 is 1. The normalized spacial score (nSPS) is 11.5. The van der Waals surface area contributed by atoms with Crippen molar-refractivity contribution in [1.82, 2.24) is 8.96 Å². The molecule has 2 heterocycles. The Morgan fingerprint density at radius 3 is 2.33 bits per heavy atom. The standard InChI is InChI=1S/C26H20N2OS/c1-29-22-13-8-19(9-14-22)20-10-16-25-24(17-20)23-15-12-21(27-26(23)28(25)30)11-7-18-5-3-2-4-6-18/h2-17,30H,1H3/b11-7+. The summed E-state index contributed by atoms with van der Waals surface area (Å²) in [5.41, 5.74) is 6.25. The Labute approximate surface area is 180 Å². The van der Waals surface area contributed by atoms with Gasteiger partial charge in [-0.05, 0) is 59.2 Å². The Morgan fingerprint density at radius 2 is 1.57 bits per heavy atom. The number of rotatable bonds is 4. The van der Waals surface area contributed by atoms with E-state index in [1.165, 1.54) is 0 Å². The molecule has 0 spiro atoms. The predicted molar refractivity (Wildman–Crippen MR) is 129 cm³/mol. The summed E-state index contributed by atoms with van der Waals surface area (Å²) < 4.78 is 7.13. The minimum Gasteiger partial charge on any atom is -0.497 e. The average molecular weight is 409 g/mol. The zero-order valence-corrected chi connectivity index (χ0v) is 17.4. The van der Waals surface area contributed by atoms with Gasteiger partial charge in [-0.3, -0.25) is 3.97 Å². The minimum atomic E-state index is 0.854. The molecule has 0 radical (unpaired) electrons. The molecule has 0 saturated heterocycles. The Bertz CT molecular complexity index is 1370. The molecule has 5 aromatic rings.